The molecule has 0 bridgehead atoms. The molecule has 1 aromatic carbocycles. The van der Waals surface area contributed by atoms with E-state index in [2.05, 4.69) is 21.2 Å². The highest BCUT2D eigenvalue weighted by atomic mass is 79.9. The molecule has 2 nitrogen and oxygen atoms in total. The second-order valence-electron chi connectivity index (χ2n) is 2.54. The zero-order chi connectivity index (χ0) is 9.68. The first kappa shape index (κ1) is 10.5. The molecule has 0 radical (unpaired) electrons. The van der Waals surface area contributed by atoms with Gasteiger partial charge in [0.1, 0.15) is 0 Å². The van der Waals surface area contributed by atoms with Gasteiger partial charge in [0.25, 0.3) is 0 Å². The van der Waals surface area contributed by atoms with Crippen molar-refractivity contribution in [3.63, 3.8) is 0 Å². The van der Waals surface area contributed by atoms with Crippen LogP contribution in [-0.4, -0.2) is 11.9 Å². The van der Waals surface area contributed by atoms with Crippen LogP contribution in [0.25, 0.3) is 0 Å². The predicted octanol–water partition coefficient (Wildman–Crippen LogP) is 2.94. The molecule has 1 rings (SSSR count). The van der Waals surface area contributed by atoms with E-state index in [0.29, 0.717) is 6.54 Å². The SMILES string of the molecule is O=C(Cl)NCCc1ccccc1Br. The van der Waals surface area contributed by atoms with Crippen LogP contribution in [0, 0.1) is 0 Å². The van der Waals surface area contributed by atoms with Crippen LogP contribution in [0.15, 0.2) is 28.7 Å². The fourth-order valence-electron chi connectivity index (χ4n) is 0.997. The van der Waals surface area contributed by atoms with Crippen LogP contribution in [0.3, 0.4) is 0 Å². The topological polar surface area (TPSA) is 29.1 Å². The van der Waals surface area contributed by atoms with Crippen molar-refractivity contribution in [2.24, 2.45) is 0 Å². The molecule has 70 valence electrons. The lowest BCUT2D eigenvalue weighted by Crippen LogP contribution is -2.19. The van der Waals surface area contributed by atoms with E-state index in [4.69, 9.17) is 11.6 Å². The second-order valence-corrected chi connectivity index (χ2v) is 3.74. The van der Waals surface area contributed by atoms with E-state index < -0.39 is 5.37 Å². The summed E-state index contributed by atoms with van der Waals surface area (Å²) in [6.07, 6.45) is 0.778. The molecule has 0 saturated heterocycles. The Labute approximate surface area is 90.4 Å². The third-order valence-electron chi connectivity index (χ3n) is 1.62. The average molecular weight is 263 g/mol. The lowest BCUT2D eigenvalue weighted by atomic mass is 10.1. The highest BCUT2D eigenvalue weighted by molar-refractivity contribution is 9.10. The number of hydrogen-bond donors (Lipinski definition) is 1. The summed E-state index contributed by atoms with van der Waals surface area (Å²) >= 11 is 8.54. The molecule has 13 heavy (non-hydrogen) atoms. The lowest BCUT2D eigenvalue weighted by Gasteiger charge is -2.03. The Balaban J connectivity index is 2.45. The molecule has 0 saturated carbocycles. The Hall–Kier alpha value is -0.540. The van der Waals surface area contributed by atoms with Gasteiger partial charge in [0.05, 0.1) is 0 Å². The standard InChI is InChI=1S/C9H9BrClNO/c10-8-4-2-1-3-7(8)5-6-12-9(11)13/h1-4H,5-6H2,(H,12,13). The second kappa shape index (κ2) is 5.25. The Bertz CT molecular complexity index is 303. The van der Waals surface area contributed by atoms with Crippen LogP contribution in [0.2, 0.25) is 0 Å². The van der Waals surface area contributed by atoms with Gasteiger partial charge in [-0.2, -0.15) is 0 Å². The molecule has 0 aliphatic carbocycles. The van der Waals surface area contributed by atoms with Gasteiger partial charge in [-0.3, -0.25) is 4.79 Å². The van der Waals surface area contributed by atoms with Crippen LogP contribution in [-0.2, 0) is 6.42 Å². The van der Waals surface area contributed by atoms with Crippen molar-refractivity contribution < 1.29 is 4.79 Å². The molecule has 0 aliphatic rings. The number of benzene rings is 1. The van der Waals surface area contributed by atoms with Gasteiger partial charge in [-0.1, -0.05) is 34.1 Å². The van der Waals surface area contributed by atoms with Gasteiger partial charge in [0, 0.05) is 11.0 Å². The van der Waals surface area contributed by atoms with Crippen LogP contribution in [0.1, 0.15) is 5.56 Å². The molecule has 0 unspecified atom stereocenters. The Morgan fingerprint density at radius 3 is 2.77 bits per heavy atom. The summed E-state index contributed by atoms with van der Waals surface area (Å²) in [6, 6.07) is 7.89. The zero-order valence-electron chi connectivity index (χ0n) is 6.89. The van der Waals surface area contributed by atoms with Crippen molar-refractivity contribution in [2.45, 2.75) is 6.42 Å². The van der Waals surface area contributed by atoms with Gasteiger partial charge < -0.3 is 5.32 Å². The smallest absolute Gasteiger partial charge is 0.313 e. The third-order valence-corrected chi connectivity index (χ3v) is 2.52. The van der Waals surface area contributed by atoms with Crippen LogP contribution in [0.4, 0.5) is 4.79 Å². The van der Waals surface area contributed by atoms with Crippen molar-refractivity contribution in [3.8, 4) is 0 Å². The summed E-state index contributed by atoms with van der Waals surface area (Å²) in [5.41, 5.74) is 1.16. The van der Waals surface area contributed by atoms with E-state index >= 15 is 0 Å². The Kier molecular flexibility index (Phi) is 4.25. The summed E-state index contributed by atoms with van der Waals surface area (Å²) in [4.78, 5) is 10.4. The molecule has 1 amide bonds. The molecule has 0 aromatic heterocycles. The maximum atomic E-state index is 10.4. The van der Waals surface area contributed by atoms with E-state index in [1.54, 1.807) is 0 Å². The van der Waals surface area contributed by atoms with Gasteiger partial charge in [-0.15, -0.1) is 0 Å². The fourth-order valence-corrected chi connectivity index (χ4v) is 1.57. The first-order chi connectivity index (χ1) is 6.20. The molecule has 1 N–H and O–H groups in total. The lowest BCUT2D eigenvalue weighted by molar-refractivity contribution is 0.260. The van der Waals surface area contributed by atoms with E-state index in [1.165, 1.54) is 0 Å². The summed E-state index contributed by atoms with van der Waals surface area (Å²) < 4.78 is 1.05. The highest BCUT2D eigenvalue weighted by Crippen LogP contribution is 2.15. The van der Waals surface area contributed by atoms with Crippen molar-refractivity contribution in [3.05, 3.63) is 34.3 Å². The number of rotatable bonds is 3. The van der Waals surface area contributed by atoms with Crippen molar-refractivity contribution in [2.75, 3.05) is 6.54 Å². The molecule has 0 aliphatic heterocycles. The molecule has 0 fully saturated rings. The summed E-state index contributed by atoms with van der Waals surface area (Å²) in [7, 11) is 0. The number of halogens is 2. The first-order valence-electron chi connectivity index (χ1n) is 3.87. The van der Waals surface area contributed by atoms with E-state index in [1.807, 2.05) is 24.3 Å². The minimum absolute atomic E-state index is 0.507. The molecule has 0 atom stereocenters. The average Bonchev–Trinajstić information content (AvgIpc) is 2.08. The molecule has 4 heteroatoms. The van der Waals surface area contributed by atoms with Crippen molar-refractivity contribution in [1.29, 1.82) is 0 Å². The number of carbonyl (C=O) groups excluding carboxylic acids is 1. The van der Waals surface area contributed by atoms with Gasteiger partial charge in [-0.25, -0.2) is 0 Å². The van der Waals surface area contributed by atoms with Gasteiger partial charge >= 0.3 is 5.37 Å². The first-order valence-corrected chi connectivity index (χ1v) is 5.04. The normalized spacial score (nSPS) is 9.69. The van der Waals surface area contributed by atoms with Crippen molar-refractivity contribution >= 4 is 32.9 Å². The quantitative estimate of drug-likeness (QED) is 0.658. The Morgan fingerprint density at radius 1 is 1.46 bits per heavy atom. The van der Waals surface area contributed by atoms with Crippen LogP contribution < -0.4 is 5.32 Å². The van der Waals surface area contributed by atoms with E-state index in [-0.39, 0.29) is 0 Å². The molecule has 0 heterocycles. The number of nitrogens with one attached hydrogen (secondary N) is 1. The summed E-state index contributed by atoms with van der Waals surface area (Å²) in [6.45, 7) is 0.560. The molecule has 0 spiro atoms. The fraction of sp³-hybridized carbons (Fsp3) is 0.222. The minimum atomic E-state index is -0.507. The van der Waals surface area contributed by atoms with E-state index in [0.717, 1.165) is 16.5 Å². The number of hydrogen-bond acceptors (Lipinski definition) is 1. The highest BCUT2D eigenvalue weighted by Gasteiger charge is 1.98. The van der Waals surface area contributed by atoms with Gasteiger partial charge in [0.2, 0.25) is 0 Å². The number of carbonyl (C=O) groups is 1. The maximum absolute atomic E-state index is 10.4. The molecular formula is C9H9BrClNO. The number of amides is 1. The predicted molar refractivity (Wildman–Crippen MR) is 57.1 cm³/mol. The van der Waals surface area contributed by atoms with Gasteiger partial charge in [0.15, 0.2) is 0 Å². The Morgan fingerprint density at radius 2 is 2.15 bits per heavy atom. The largest absolute Gasteiger partial charge is 0.342 e. The maximum Gasteiger partial charge on any atom is 0.313 e. The summed E-state index contributed by atoms with van der Waals surface area (Å²) in [5.74, 6) is 0. The summed E-state index contributed by atoms with van der Waals surface area (Å²) in [5, 5.41) is 2.02. The molecule has 1 aromatic rings. The monoisotopic (exact) mass is 261 g/mol. The minimum Gasteiger partial charge on any atom is -0.342 e. The van der Waals surface area contributed by atoms with Crippen LogP contribution in [0.5, 0.6) is 0 Å². The van der Waals surface area contributed by atoms with Gasteiger partial charge in [-0.05, 0) is 29.7 Å². The van der Waals surface area contributed by atoms with Crippen molar-refractivity contribution in [1.82, 2.24) is 5.32 Å². The zero-order valence-corrected chi connectivity index (χ0v) is 9.23. The third kappa shape index (κ3) is 3.79. The molecular weight excluding hydrogens is 253 g/mol. The van der Waals surface area contributed by atoms with Crippen LogP contribution >= 0.6 is 27.5 Å². The van der Waals surface area contributed by atoms with E-state index in [9.17, 15) is 4.79 Å².